The zero-order chi connectivity index (χ0) is 14.9. The summed E-state index contributed by atoms with van der Waals surface area (Å²) in [6.07, 6.45) is 1.50. The number of nitrogens with one attached hydrogen (secondary N) is 1. The molecule has 0 amide bonds. The van der Waals surface area contributed by atoms with Crippen molar-refractivity contribution >= 4 is 48.9 Å². The standard InChI is InChI=1S/C12H11BrClN3O2S/c1-7-4-5-16-12(14)11(7)17-20(18,19)10-3-2-8(13)6-9(10)15/h2-6,17H,15H2,1H3. The topological polar surface area (TPSA) is 85.1 Å². The number of pyridine rings is 1. The SMILES string of the molecule is Cc1ccnc(Cl)c1NS(=O)(=O)c1ccc(Br)cc1N. The average molecular weight is 377 g/mol. The molecule has 0 saturated carbocycles. The Morgan fingerprint density at radius 3 is 2.65 bits per heavy atom. The minimum Gasteiger partial charge on any atom is -0.398 e. The van der Waals surface area contributed by atoms with Crippen LogP contribution in [-0.2, 0) is 10.0 Å². The third-order valence-corrected chi connectivity index (χ3v) is 4.81. The first-order chi connectivity index (χ1) is 9.31. The molecule has 0 atom stereocenters. The van der Waals surface area contributed by atoms with Crippen molar-refractivity contribution in [2.24, 2.45) is 0 Å². The first-order valence-electron chi connectivity index (χ1n) is 5.50. The van der Waals surface area contributed by atoms with E-state index < -0.39 is 10.0 Å². The van der Waals surface area contributed by atoms with Crippen molar-refractivity contribution in [3.05, 3.63) is 45.7 Å². The number of anilines is 2. The minimum absolute atomic E-state index is 0.0139. The fourth-order valence-electron chi connectivity index (χ4n) is 1.60. The van der Waals surface area contributed by atoms with Gasteiger partial charge in [0, 0.05) is 10.7 Å². The molecule has 0 bridgehead atoms. The summed E-state index contributed by atoms with van der Waals surface area (Å²) in [6.45, 7) is 1.73. The lowest BCUT2D eigenvalue weighted by Gasteiger charge is -2.13. The van der Waals surface area contributed by atoms with Crippen LogP contribution in [0.5, 0.6) is 0 Å². The van der Waals surface area contributed by atoms with Crippen molar-refractivity contribution in [1.29, 1.82) is 0 Å². The van der Waals surface area contributed by atoms with E-state index in [4.69, 9.17) is 17.3 Å². The zero-order valence-corrected chi connectivity index (χ0v) is 13.6. The molecule has 106 valence electrons. The van der Waals surface area contributed by atoms with Crippen LogP contribution in [0.2, 0.25) is 5.15 Å². The summed E-state index contributed by atoms with van der Waals surface area (Å²) in [7, 11) is -3.83. The molecule has 1 aromatic heterocycles. The smallest absolute Gasteiger partial charge is 0.264 e. The van der Waals surface area contributed by atoms with Gasteiger partial charge in [-0.25, -0.2) is 13.4 Å². The molecule has 0 aliphatic carbocycles. The van der Waals surface area contributed by atoms with Crippen LogP contribution in [0.3, 0.4) is 0 Å². The summed E-state index contributed by atoms with van der Waals surface area (Å²) in [4.78, 5) is 3.84. The Morgan fingerprint density at radius 1 is 1.35 bits per heavy atom. The molecule has 0 aliphatic rings. The Hall–Kier alpha value is -1.31. The molecule has 0 spiro atoms. The number of aromatic nitrogens is 1. The average Bonchev–Trinajstić information content (AvgIpc) is 2.33. The van der Waals surface area contributed by atoms with Crippen molar-refractivity contribution in [2.75, 3.05) is 10.5 Å². The van der Waals surface area contributed by atoms with Gasteiger partial charge in [0.25, 0.3) is 10.0 Å². The number of benzene rings is 1. The Bertz CT molecular complexity index is 745. The van der Waals surface area contributed by atoms with Crippen molar-refractivity contribution in [3.8, 4) is 0 Å². The van der Waals surface area contributed by atoms with Crippen LogP contribution in [-0.4, -0.2) is 13.4 Å². The predicted molar refractivity (Wildman–Crippen MR) is 83.3 cm³/mol. The number of rotatable bonds is 3. The molecule has 0 unspecified atom stereocenters. The Balaban J connectivity index is 2.46. The summed E-state index contributed by atoms with van der Waals surface area (Å²) < 4.78 is 27.8. The lowest BCUT2D eigenvalue weighted by Crippen LogP contribution is -2.16. The van der Waals surface area contributed by atoms with E-state index in [9.17, 15) is 8.42 Å². The molecule has 5 nitrogen and oxygen atoms in total. The van der Waals surface area contributed by atoms with Gasteiger partial charge in [-0.1, -0.05) is 27.5 Å². The predicted octanol–water partition coefficient (Wildman–Crippen LogP) is 3.19. The molecular formula is C12H11BrClN3O2S. The van der Waals surface area contributed by atoms with E-state index in [1.165, 1.54) is 18.3 Å². The molecule has 8 heteroatoms. The third kappa shape index (κ3) is 3.05. The maximum absolute atomic E-state index is 12.3. The van der Waals surface area contributed by atoms with E-state index in [-0.39, 0.29) is 21.4 Å². The minimum atomic E-state index is -3.83. The van der Waals surface area contributed by atoms with Crippen molar-refractivity contribution in [3.63, 3.8) is 0 Å². The normalized spacial score (nSPS) is 11.3. The number of nitrogens with zero attached hydrogens (tertiary/aromatic N) is 1. The second-order valence-corrected chi connectivity index (χ2v) is 7.01. The molecule has 1 aromatic carbocycles. The summed E-state index contributed by atoms with van der Waals surface area (Å²) in [5, 5.41) is 0.0873. The lowest BCUT2D eigenvalue weighted by atomic mass is 10.3. The number of halogens is 2. The second-order valence-electron chi connectivity index (χ2n) is 4.08. The number of sulfonamides is 1. The van der Waals surface area contributed by atoms with Gasteiger partial charge in [0.2, 0.25) is 0 Å². The lowest BCUT2D eigenvalue weighted by molar-refractivity contribution is 0.601. The maximum Gasteiger partial charge on any atom is 0.264 e. The molecule has 0 aliphatic heterocycles. The van der Waals surface area contributed by atoms with E-state index in [0.29, 0.717) is 10.0 Å². The van der Waals surface area contributed by atoms with E-state index in [1.54, 1.807) is 19.1 Å². The van der Waals surface area contributed by atoms with Gasteiger partial charge in [-0.2, -0.15) is 0 Å². The fourth-order valence-corrected chi connectivity index (χ4v) is 3.54. The van der Waals surface area contributed by atoms with E-state index in [0.717, 1.165) is 0 Å². The zero-order valence-electron chi connectivity index (χ0n) is 10.4. The summed E-state index contributed by atoms with van der Waals surface area (Å²) in [5.41, 5.74) is 6.80. The Labute approximate surface area is 130 Å². The highest BCUT2D eigenvalue weighted by atomic mass is 79.9. The van der Waals surface area contributed by atoms with Crippen molar-refractivity contribution < 1.29 is 8.42 Å². The quantitative estimate of drug-likeness (QED) is 0.636. The monoisotopic (exact) mass is 375 g/mol. The molecule has 3 N–H and O–H groups in total. The molecule has 0 fully saturated rings. The molecule has 0 saturated heterocycles. The first-order valence-corrected chi connectivity index (χ1v) is 8.15. The van der Waals surface area contributed by atoms with Crippen LogP contribution in [0.15, 0.2) is 39.8 Å². The molecule has 2 rings (SSSR count). The molecule has 0 radical (unpaired) electrons. The second kappa shape index (κ2) is 5.59. The third-order valence-electron chi connectivity index (χ3n) is 2.61. The maximum atomic E-state index is 12.3. The van der Waals surface area contributed by atoms with Crippen LogP contribution in [0.4, 0.5) is 11.4 Å². The van der Waals surface area contributed by atoms with Crippen LogP contribution < -0.4 is 10.5 Å². The van der Waals surface area contributed by atoms with Crippen LogP contribution in [0, 0.1) is 6.92 Å². The number of hydrogen-bond donors (Lipinski definition) is 2. The highest BCUT2D eigenvalue weighted by molar-refractivity contribution is 9.10. The van der Waals surface area contributed by atoms with Gasteiger partial charge in [0.1, 0.15) is 4.90 Å². The highest BCUT2D eigenvalue weighted by Crippen LogP contribution is 2.28. The number of aryl methyl sites for hydroxylation is 1. The van der Waals surface area contributed by atoms with E-state index >= 15 is 0 Å². The summed E-state index contributed by atoms with van der Waals surface area (Å²) in [6, 6.07) is 6.20. The van der Waals surface area contributed by atoms with Gasteiger partial charge in [-0.3, -0.25) is 4.72 Å². The van der Waals surface area contributed by atoms with E-state index in [1.807, 2.05) is 0 Å². The van der Waals surface area contributed by atoms with Gasteiger partial charge in [-0.15, -0.1) is 0 Å². The van der Waals surface area contributed by atoms with E-state index in [2.05, 4.69) is 25.6 Å². The largest absolute Gasteiger partial charge is 0.398 e. The molecular weight excluding hydrogens is 366 g/mol. The number of nitrogens with two attached hydrogens (primary N) is 1. The fraction of sp³-hybridized carbons (Fsp3) is 0.0833. The number of hydrogen-bond acceptors (Lipinski definition) is 4. The van der Waals surface area contributed by atoms with Crippen molar-refractivity contribution in [2.45, 2.75) is 11.8 Å². The van der Waals surface area contributed by atoms with Gasteiger partial charge >= 0.3 is 0 Å². The molecule has 2 aromatic rings. The highest BCUT2D eigenvalue weighted by Gasteiger charge is 2.20. The first kappa shape index (κ1) is 15.1. The van der Waals surface area contributed by atoms with Gasteiger partial charge in [0.15, 0.2) is 5.15 Å². The summed E-state index contributed by atoms with van der Waals surface area (Å²) >= 11 is 9.14. The van der Waals surface area contributed by atoms with Gasteiger partial charge in [-0.05, 0) is 36.8 Å². The Kier molecular flexibility index (Phi) is 4.22. The molecule has 1 heterocycles. The van der Waals surface area contributed by atoms with Crippen LogP contribution >= 0.6 is 27.5 Å². The summed E-state index contributed by atoms with van der Waals surface area (Å²) in [5.74, 6) is 0. The van der Waals surface area contributed by atoms with Crippen LogP contribution in [0.25, 0.3) is 0 Å². The Morgan fingerprint density at radius 2 is 2.05 bits per heavy atom. The number of nitrogen functional groups attached to an aromatic ring is 1. The van der Waals surface area contributed by atoms with Crippen molar-refractivity contribution in [1.82, 2.24) is 4.98 Å². The van der Waals surface area contributed by atoms with Crippen LogP contribution in [0.1, 0.15) is 5.56 Å². The van der Waals surface area contributed by atoms with Gasteiger partial charge in [0.05, 0.1) is 11.4 Å². The van der Waals surface area contributed by atoms with Gasteiger partial charge < -0.3 is 5.73 Å². The molecule has 20 heavy (non-hydrogen) atoms.